The SMILES string of the molecule is CC(C)C[C@@H]1NC(=O)[C@H](Cc2cn(Cc3ccc(C(F)(F)F)cc3)c3ccccc23)N(C)C(=O)[C@H](CC(C)C)NC(=O)[C@H](CC(C)C)N(C)C(=O)CNC(=O)[C@@H](CCC#N)OC(=O)[C@H](C)N(C)C1=O. The van der Waals surface area contributed by atoms with E-state index in [0.717, 1.165) is 17.0 Å². The van der Waals surface area contributed by atoms with Crippen LogP contribution >= 0.6 is 0 Å². The molecule has 3 N–H and O–H groups in total. The summed E-state index contributed by atoms with van der Waals surface area (Å²) in [5.41, 5.74) is 1.08. The normalized spacial score (nSPS) is 22.4. The van der Waals surface area contributed by atoms with Gasteiger partial charge in [-0.3, -0.25) is 28.8 Å². The van der Waals surface area contributed by atoms with Crippen molar-refractivity contribution < 1.29 is 51.5 Å². The van der Waals surface area contributed by atoms with Gasteiger partial charge in [0.2, 0.25) is 29.5 Å². The number of amides is 6. The molecule has 2 heterocycles. The molecule has 0 unspecified atom stereocenters. The highest BCUT2D eigenvalue weighted by atomic mass is 19.4. The van der Waals surface area contributed by atoms with Crippen molar-refractivity contribution in [2.75, 3.05) is 27.7 Å². The van der Waals surface area contributed by atoms with Crippen LogP contribution in [0.2, 0.25) is 0 Å². The maximum absolute atomic E-state index is 15.0. The Bertz CT molecular complexity index is 2360. The van der Waals surface area contributed by atoms with E-state index in [2.05, 4.69) is 16.0 Å². The summed E-state index contributed by atoms with van der Waals surface area (Å²) in [6, 6.07) is 7.78. The smallest absolute Gasteiger partial charge is 0.416 e. The van der Waals surface area contributed by atoms with Crippen molar-refractivity contribution in [2.24, 2.45) is 17.8 Å². The number of carbonyl (C=O) groups is 7. The van der Waals surface area contributed by atoms with Crippen molar-refractivity contribution in [2.45, 2.75) is 136 Å². The van der Waals surface area contributed by atoms with Gasteiger partial charge < -0.3 is 40.0 Å². The average molecular weight is 965 g/mol. The maximum Gasteiger partial charge on any atom is 0.416 e. The number of ether oxygens (including phenoxy) is 1. The zero-order valence-electron chi connectivity index (χ0n) is 41.2. The summed E-state index contributed by atoms with van der Waals surface area (Å²) in [7, 11) is 4.16. The molecule has 1 aliphatic heterocycles. The lowest BCUT2D eigenvalue weighted by Gasteiger charge is -2.35. The summed E-state index contributed by atoms with van der Waals surface area (Å²) in [4.78, 5) is 103. The van der Waals surface area contributed by atoms with E-state index in [-0.39, 0.29) is 62.8 Å². The molecule has 6 amide bonds. The minimum atomic E-state index is -4.51. The molecule has 1 aliphatic rings. The second-order valence-corrected chi connectivity index (χ2v) is 19.2. The van der Waals surface area contributed by atoms with Gasteiger partial charge in [0.1, 0.15) is 30.2 Å². The summed E-state index contributed by atoms with van der Waals surface area (Å²) in [6.45, 7) is 12.0. The van der Waals surface area contributed by atoms with Crippen LogP contribution in [0.15, 0.2) is 54.7 Å². The Morgan fingerprint density at radius 1 is 0.739 bits per heavy atom. The fraction of sp³-hybridized carbons (Fsp3) is 0.560. The zero-order chi connectivity index (χ0) is 51.5. The van der Waals surface area contributed by atoms with Crippen LogP contribution in [-0.2, 0) is 57.4 Å². The van der Waals surface area contributed by atoms with Crippen LogP contribution in [-0.4, -0.2) is 125 Å². The topological polar surface area (TPSA) is 203 Å². The first-order chi connectivity index (χ1) is 32.3. The van der Waals surface area contributed by atoms with Crippen LogP contribution in [0.4, 0.5) is 13.2 Å². The number of para-hydroxylation sites is 1. The fourth-order valence-corrected chi connectivity index (χ4v) is 8.28. The van der Waals surface area contributed by atoms with Gasteiger partial charge in [-0.15, -0.1) is 0 Å². The number of likely N-dealkylation sites (N-methyl/N-ethyl adjacent to an activating group) is 3. The number of nitrogens with one attached hydrogen (secondary N) is 3. The standard InChI is InChI=1S/C50H67F3N8O8/c1-29(2)22-37-47(66)58(8)32(7)49(68)69-42(16-13-21-54)46(65)55-26-43(62)59(9)40(24-31(5)6)44(63)57-38(23-30(3)4)48(67)60(10)41(45(64)56-37)25-34-28-61(39-15-12-11-14-36(34)39)27-33-17-19-35(20-18-33)50(51,52)53/h11-12,14-15,17-20,28-32,37-38,40-42H,13,16,22-27H2,1-10H3,(H,55,65)(H,56,64)(H,57,63)/t32-,37-,38-,40-,41-,42+/m0/s1. The van der Waals surface area contributed by atoms with Gasteiger partial charge in [0.05, 0.1) is 18.2 Å². The van der Waals surface area contributed by atoms with E-state index in [1.54, 1.807) is 18.3 Å². The molecule has 19 heteroatoms. The number of alkyl halides is 3. The van der Waals surface area contributed by atoms with E-state index in [0.29, 0.717) is 22.0 Å². The highest BCUT2D eigenvalue weighted by Gasteiger charge is 2.39. The molecule has 69 heavy (non-hydrogen) atoms. The van der Waals surface area contributed by atoms with E-state index in [1.807, 2.05) is 64.3 Å². The molecule has 2 aromatic carbocycles. The van der Waals surface area contributed by atoms with Crippen molar-refractivity contribution in [3.05, 3.63) is 71.4 Å². The van der Waals surface area contributed by atoms with E-state index >= 15 is 0 Å². The zero-order valence-corrected chi connectivity index (χ0v) is 41.2. The van der Waals surface area contributed by atoms with E-state index in [1.165, 1.54) is 50.0 Å². The molecule has 16 nitrogen and oxygen atoms in total. The van der Waals surface area contributed by atoms with Gasteiger partial charge in [-0.1, -0.05) is 71.9 Å². The minimum absolute atomic E-state index is 0.103. The number of rotatable bonds is 12. The van der Waals surface area contributed by atoms with Crippen LogP contribution < -0.4 is 16.0 Å². The number of hydrogen-bond acceptors (Lipinski definition) is 9. The van der Waals surface area contributed by atoms with Crippen molar-refractivity contribution in [1.82, 2.24) is 35.2 Å². The van der Waals surface area contributed by atoms with Crippen molar-refractivity contribution in [3.8, 4) is 6.07 Å². The Hall–Kier alpha value is -6.45. The first-order valence-corrected chi connectivity index (χ1v) is 23.3. The largest absolute Gasteiger partial charge is 0.451 e. The molecule has 376 valence electrons. The van der Waals surface area contributed by atoms with E-state index < -0.39 is 96.0 Å². The van der Waals surface area contributed by atoms with Gasteiger partial charge >= 0.3 is 12.1 Å². The molecule has 0 bridgehead atoms. The monoisotopic (exact) mass is 965 g/mol. The Morgan fingerprint density at radius 3 is 1.84 bits per heavy atom. The number of hydrogen-bond donors (Lipinski definition) is 3. The van der Waals surface area contributed by atoms with Gasteiger partial charge in [-0.25, -0.2) is 4.79 Å². The predicted octanol–water partition coefficient (Wildman–Crippen LogP) is 5.21. The number of esters is 1. The lowest BCUT2D eigenvalue weighted by Crippen LogP contribution is -2.60. The number of cyclic esters (lactones) is 1. The van der Waals surface area contributed by atoms with Gasteiger partial charge in [0.25, 0.3) is 5.91 Å². The summed E-state index contributed by atoms with van der Waals surface area (Å²) in [6.07, 6.45) is -4.38. The van der Waals surface area contributed by atoms with Crippen LogP contribution in [0.25, 0.3) is 10.9 Å². The lowest BCUT2D eigenvalue weighted by molar-refractivity contribution is -0.163. The molecule has 1 fully saturated rings. The lowest BCUT2D eigenvalue weighted by atomic mass is 9.97. The first kappa shape index (κ1) is 55.1. The molecule has 3 aromatic rings. The maximum atomic E-state index is 15.0. The second-order valence-electron chi connectivity index (χ2n) is 19.2. The number of carbonyl (C=O) groups excluding carboxylic acids is 7. The first-order valence-electron chi connectivity index (χ1n) is 23.3. The highest BCUT2D eigenvalue weighted by Crippen LogP contribution is 2.30. The highest BCUT2D eigenvalue weighted by molar-refractivity contribution is 5.97. The molecular formula is C50H67F3N8O8. The number of halogens is 3. The Morgan fingerprint density at radius 2 is 1.29 bits per heavy atom. The molecule has 6 atom stereocenters. The molecule has 1 saturated heterocycles. The summed E-state index contributed by atoms with van der Waals surface area (Å²) < 4.78 is 47.7. The summed E-state index contributed by atoms with van der Waals surface area (Å²) >= 11 is 0. The predicted molar refractivity (Wildman–Crippen MR) is 251 cm³/mol. The average Bonchev–Trinajstić information content (AvgIpc) is 3.63. The Kier molecular flexibility index (Phi) is 19.3. The quantitative estimate of drug-likeness (QED) is 0.204. The van der Waals surface area contributed by atoms with Crippen LogP contribution in [0.5, 0.6) is 0 Å². The Balaban J connectivity index is 1.87. The van der Waals surface area contributed by atoms with Gasteiger partial charge in [0, 0.05) is 64.1 Å². The van der Waals surface area contributed by atoms with Crippen LogP contribution in [0.1, 0.15) is 97.3 Å². The van der Waals surface area contributed by atoms with Crippen molar-refractivity contribution >= 4 is 52.3 Å². The van der Waals surface area contributed by atoms with Crippen molar-refractivity contribution in [1.29, 1.82) is 5.26 Å². The minimum Gasteiger partial charge on any atom is -0.451 e. The van der Waals surface area contributed by atoms with Gasteiger partial charge in [-0.2, -0.15) is 18.4 Å². The Labute approximate surface area is 402 Å². The summed E-state index contributed by atoms with van der Waals surface area (Å²) in [5, 5.41) is 18.2. The third-order valence-corrected chi connectivity index (χ3v) is 12.3. The second kappa shape index (κ2) is 24.2. The molecular weight excluding hydrogens is 898 g/mol. The molecule has 0 spiro atoms. The number of benzene rings is 2. The molecule has 0 saturated carbocycles. The third-order valence-electron chi connectivity index (χ3n) is 12.3. The van der Waals surface area contributed by atoms with Gasteiger partial charge in [0.15, 0.2) is 6.10 Å². The van der Waals surface area contributed by atoms with Gasteiger partial charge in [-0.05, 0) is 73.3 Å². The van der Waals surface area contributed by atoms with Crippen molar-refractivity contribution in [3.63, 3.8) is 0 Å². The number of aromatic nitrogens is 1. The van der Waals surface area contributed by atoms with Crippen LogP contribution in [0.3, 0.4) is 0 Å². The summed E-state index contributed by atoms with van der Waals surface area (Å²) in [5.74, 6) is -5.68. The molecule has 4 rings (SSSR count). The van der Waals surface area contributed by atoms with Crippen LogP contribution in [0, 0.1) is 29.1 Å². The number of nitriles is 1. The molecule has 0 radical (unpaired) electrons. The van der Waals surface area contributed by atoms with E-state index in [9.17, 15) is 52.0 Å². The molecule has 0 aliphatic carbocycles. The number of nitrogens with zero attached hydrogens (tertiary/aromatic N) is 5. The third kappa shape index (κ3) is 14.8. The number of fused-ring (bicyclic) bond motifs is 1. The molecule has 1 aromatic heterocycles. The fourth-order valence-electron chi connectivity index (χ4n) is 8.28. The van der Waals surface area contributed by atoms with E-state index in [4.69, 9.17) is 4.74 Å².